The first kappa shape index (κ1) is 17.9. The van der Waals surface area contributed by atoms with Gasteiger partial charge in [0.1, 0.15) is 0 Å². The Morgan fingerprint density at radius 3 is 2.38 bits per heavy atom. The minimum Gasteiger partial charge on any atom is -0.494 e. The van der Waals surface area contributed by atoms with Gasteiger partial charge in [-0.1, -0.05) is 57.9 Å². The smallest absolute Gasteiger partial charge is 0.165 e. The third-order valence-electron chi connectivity index (χ3n) is 3.88. The molecule has 0 aliphatic rings. The summed E-state index contributed by atoms with van der Waals surface area (Å²) in [5, 5.41) is 0. The number of hydrazine groups is 1. The van der Waals surface area contributed by atoms with Crippen LogP contribution in [0.5, 0.6) is 5.75 Å². The monoisotopic (exact) mass is 296 g/mol. The number of unbranched alkanes of at least 4 members (excludes halogenated alkanes) is 6. The molecule has 0 heterocycles. The van der Waals surface area contributed by atoms with Gasteiger partial charge >= 0.3 is 0 Å². The van der Waals surface area contributed by atoms with E-state index in [9.17, 15) is 4.39 Å². The highest BCUT2D eigenvalue weighted by molar-refractivity contribution is 5.30. The predicted octanol–water partition coefficient (Wildman–Crippen LogP) is 4.48. The first-order valence-electron chi connectivity index (χ1n) is 8.02. The summed E-state index contributed by atoms with van der Waals surface area (Å²) in [6, 6.07) is 5.03. The Balaban J connectivity index is 2.36. The molecule has 1 unspecified atom stereocenters. The van der Waals surface area contributed by atoms with Crippen molar-refractivity contribution < 1.29 is 9.13 Å². The molecule has 1 rings (SSSR count). The maximum Gasteiger partial charge on any atom is 0.165 e. The Morgan fingerprint density at radius 2 is 1.81 bits per heavy atom. The van der Waals surface area contributed by atoms with Crippen LogP contribution in [-0.2, 0) is 0 Å². The van der Waals surface area contributed by atoms with E-state index < -0.39 is 0 Å². The van der Waals surface area contributed by atoms with E-state index in [1.54, 1.807) is 6.07 Å². The summed E-state index contributed by atoms with van der Waals surface area (Å²) in [6.07, 6.45) is 9.77. The van der Waals surface area contributed by atoms with Crippen molar-refractivity contribution in [3.05, 3.63) is 29.6 Å². The van der Waals surface area contributed by atoms with E-state index in [2.05, 4.69) is 12.3 Å². The summed E-state index contributed by atoms with van der Waals surface area (Å²) in [6.45, 7) is 2.23. The third kappa shape index (κ3) is 6.44. The van der Waals surface area contributed by atoms with Crippen LogP contribution in [-0.4, -0.2) is 7.11 Å². The van der Waals surface area contributed by atoms with Crippen LogP contribution in [0.4, 0.5) is 4.39 Å². The SMILES string of the molecule is CCCCCCCCCC(NN)c1ccc(OC)c(F)c1. The van der Waals surface area contributed by atoms with Crippen molar-refractivity contribution >= 4 is 0 Å². The molecule has 0 spiro atoms. The number of methoxy groups -OCH3 is 1. The summed E-state index contributed by atoms with van der Waals surface area (Å²) in [7, 11) is 1.47. The fourth-order valence-corrected chi connectivity index (χ4v) is 2.55. The lowest BCUT2D eigenvalue weighted by atomic mass is 9.99. The lowest BCUT2D eigenvalue weighted by Gasteiger charge is -2.17. The van der Waals surface area contributed by atoms with Gasteiger partial charge in [-0.25, -0.2) is 4.39 Å². The zero-order chi connectivity index (χ0) is 15.5. The summed E-state index contributed by atoms with van der Waals surface area (Å²) in [5.41, 5.74) is 3.66. The number of benzene rings is 1. The highest BCUT2D eigenvalue weighted by Crippen LogP contribution is 2.24. The van der Waals surface area contributed by atoms with Crippen LogP contribution in [0.15, 0.2) is 18.2 Å². The van der Waals surface area contributed by atoms with Crippen LogP contribution in [0.3, 0.4) is 0 Å². The molecule has 3 N–H and O–H groups in total. The lowest BCUT2D eigenvalue weighted by Crippen LogP contribution is -2.28. The number of hydrogen-bond acceptors (Lipinski definition) is 3. The second-order valence-corrected chi connectivity index (χ2v) is 5.52. The van der Waals surface area contributed by atoms with Gasteiger partial charge in [-0.2, -0.15) is 0 Å². The van der Waals surface area contributed by atoms with Crippen LogP contribution in [0.25, 0.3) is 0 Å². The molecule has 0 amide bonds. The van der Waals surface area contributed by atoms with Gasteiger partial charge in [0.05, 0.1) is 7.11 Å². The van der Waals surface area contributed by atoms with Gasteiger partial charge in [-0.3, -0.25) is 11.3 Å². The standard InChI is InChI=1S/C17H29FN2O/c1-3-4-5-6-7-8-9-10-16(20-19)14-11-12-17(21-2)15(18)13-14/h11-13,16,20H,3-10,19H2,1-2H3. The molecular formula is C17H29FN2O. The first-order valence-corrected chi connectivity index (χ1v) is 8.02. The zero-order valence-corrected chi connectivity index (χ0v) is 13.3. The van der Waals surface area contributed by atoms with Crippen LogP contribution < -0.4 is 16.0 Å². The Labute approximate surface area is 128 Å². The molecule has 0 saturated carbocycles. The first-order chi connectivity index (χ1) is 10.2. The Morgan fingerprint density at radius 1 is 1.14 bits per heavy atom. The van der Waals surface area contributed by atoms with Gasteiger partial charge in [0, 0.05) is 6.04 Å². The van der Waals surface area contributed by atoms with Gasteiger partial charge in [0.15, 0.2) is 11.6 Å². The van der Waals surface area contributed by atoms with Crippen molar-refractivity contribution in [1.82, 2.24) is 5.43 Å². The average Bonchev–Trinajstić information content (AvgIpc) is 2.50. The number of nitrogens with one attached hydrogen (secondary N) is 1. The predicted molar refractivity (Wildman–Crippen MR) is 85.6 cm³/mol. The van der Waals surface area contributed by atoms with Gasteiger partial charge in [0.2, 0.25) is 0 Å². The van der Waals surface area contributed by atoms with E-state index in [1.807, 2.05) is 6.07 Å². The highest BCUT2D eigenvalue weighted by atomic mass is 19.1. The van der Waals surface area contributed by atoms with Crippen molar-refractivity contribution in [2.45, 2.75) is 64.3 Å². The maximum atomic E-state index is 13.7. The van der Waals surface area contributed by atoms with E-state index in [1.165, 1.54) is 51.7 Å². The van der Waals surface area contributed by atoms with Gasteiger partial charge in [-0.15, -0.1) is 0 Å². The van der Waals surface area contributed by atoms with E-state index in [-0.39, 0.29) is 17.6 Å². The van der Waals surface area contributed by atoms with Crippen molar-refractivity contribution in [3.63, 3.8) is 0 Å². The lowest BCUT2D eigenvalue weighted by molar-refractivity contribution is 0.385. The molecule has 0 fully saturated rings. The van der Waals surface area contributed by atoms with E-state index >= 15 is 0 Å². The van der Waals surface area contributed by atoms with Gasteiger partial charge in [-0.05, 0) is 24.1 Å². The average molecular weight is 296 g/mol. The largest absolute Gasteiger partial charge is 0.494 e. The topological polar surface area (TPSA) is 47.3 Å². The fraction of sp³-hybridized carbons (Fsp3) is 0.647. The second-order valence-electron chi connectivity index (χ2n) is 5.52. The van der Waals surface area contributed by atoms with Crippen molar-refractivity contribution in [3.8, 4) is 5.75 Å². The van der Waals surface area contributed by atoms with Gasteiger partial charge < -0.3 is 4.74 Å². The molecule has 0 aliphatic carbocycles. The van der Waals surface area contributed by atoms with Crippen LogP contribution in [0.2, 0.25) is 0 Å². The third-order valence-corrected chi connectivity index (χ3v) is 3.88. The summed E-state index contributed by atoms with van der Waals surface area (Å²) >= 11 is 0. The van der Waals surface area contributed by atoms with Crippen LogP contribution in [0.1, 0.15) is 69.9 Å². The van der Waals surface area contributed by atoms with E-state index in [4.69, 9.17) is 10.6 Å². The number of halogens is 1. The van der Waals surface area contributed by atoms with Crippen molar-refractivity contribution in [2.75, 3.05) is 7.11 Å². The molecule has 1 aromatic rings. The highest BCUT2D eigenvalue weighted by Gasteiger charge is 2.12. The Kier molecular flexibility index (Phi) is 9.02. The van der Waals surface area contributed by atoms with E-state index in [0.717, 1.165) is 18.4 Å². The van der Waals surface area contributed by atoms with Crippen LogP contribution >= 0.6 is 0 Å². The normalized spacial score (nSPS) is 12.4. The van der Waals surface area contributed by atoms with E-state index in [0.29, 0.717) is 0 Å². The summed E-state index contributed by atoms with van der Waals surface area (Å²) < 4.78 is 18.6. The molecule has 0 aromatic heterocycles. The molecule has 0 bridgehead atoms. The summed E-state index contributed by atoms with van der Waals surface area (Å²) in [5.74, 6) is 5.53. The molecule has 0 radical (unpaired) electrons. The quantitative estimate of drug-likeness (QED) is 0.359. The van der Waals surface area contributed by atoms with Crippen LogP contribution in [0, 0.1) is 5.82 Å². The molecule has 1 atom stereocenters. The molecule has 0 aliphatic heterocycles. The number of nitrogens with two attached hydrogens (primary N) is 1. The summed E-state index contributed by atoms with van der Waals surface area (Å²) in [4.78, 5) is 0. The Bertz CT molecular complexity index is 398. The second kappa shape index (κ2) is 10.6. The minimum atomic E-state index is -0.338. The number of hydrogen-bond donors (Lipinski definition) is 2. The fourth-order valence-electron chi connectivity index (χ4n) is 2.55. The number of ether oxygens (including phenoxy) is 1. The molecule has 21 heavy (non-hydrogen) atoms. The molecule has 0 saturated heterocycles. The van der Waals surface area contributed by atoms with Gasteiger partial charge in [0.25, 0.3) is 0 Å². The molecule has 1 aromatic carbocycles. The maximum absolute atomic E-state index is 13.7. The van der Waals surface area contributed by atoms with Crippen molar-refractivity contribution in [1.29, 1.82) is 0 Å². The molecule has 4 heteroatoms. The Hall–Kier alpha value is -1.13. The zero-order valence-electron chi connectivity index (χ0n) is 13.3. The minimum absolute atomic E-state index is 0.000970. The molecular weight excluding hydrogens is 267 g/mol. The molecule has 3 nitrogen and oxygen atoms in total. The molecule has 120 valence electrons. The van der Waals surface area contributed by atoms with Crippen molar-refractivity contribution in [2.24, 2.45) is 5.84 Å². The number of rotatable bonds is 11.